The lowest BCUT2D eigenvalue weighted by Crippen LogP contribution is -2.09. The maximum atomic E-state index is 13.3. The first-order chi connectivity index (χ1) is 15.6. The molecule has 0 fully saturated rings. The third kappa shape index (κ3) is 4.53. The molecule has 7 heteroatoms. The number of rotatable bonds is 6. The van der Waals surface area contributed by atoms with Crippen LogP contribution in [-0.4, -0.2) is 27.5 Å². The van der Waals surface area contributed by atoms with E-state index >= 15 is 0 Å². The number of allylic oxidation sites excluding steroid dienone is 4. The molecule has 33 heavy (non-hydrogen) atoms. The highest BCUT2D eigenvalue weighted by atomic mass is 16.5. The Morgan fingerprint density at radius 1 is 0.909 bits per heavy atom. The van der Waals surface area contributed by atoms with Crippen LogP contribution >= 0.6 is 0 Å². The summed E-state index contributed by atoms with van der Waals surface area (Å²) >= 11 is 0. The first-order valence-corrected chi connectivity index (χ1v) is 10.5. The normalized spacial score (nSPS) is 10.8. The summed E-state index contributed by atoms with van der Waals surface area (Å²) in [6.07, 6.45) is 4.26. The zero-order valence-corrected chi connectivity index (χ0v) is 19.3. The Bertz CT molecular complexity index is 1340. The van der Waals surface area contributed by atoms with Gasteiger partial charge in [-0.25, -0.2) is 0 Å². The molecule has 0 radical (unpaired) electrons. The van der Waals surface area contributed by atoms with Crippen molar-refractivity contribution in [3.05, 3.63) is 62.8 Å². The number of benzene rings is 2. The largest absolute Gasteiger partial charge is 0.507 e. The lowest BCUT2D eigenvalue weighted by Gasteiger charge is -2.16. The zero-order chi connectivity index (χ0) is 24.4. The molecule has 2 aromatic carbocycles. The minimum Gasteiger partial charge on any atom is -0.507 e. The van der Waals surface area contributed by atoms with Gasteiger partial charge in [-0.2, -0.15) is 0 Å². The van der Waals surface area contributed by atoms with E-state index in [2.05, 4.69) is 0 Å². The van der Waals surface area contributed by atoms with Gasteiger partial charge in [0.05, 0.1) is 7.11 Å². The van der Waals surface area contributed by atoms with Crippen LogP contribution < -0.4 is 10.2 Å². The number of aromatic hydroxyl groups is 4. The number of methoxy groups -OCH3 is 1. The first kappa shape index (κ1) is 23.8. The van der Waals surface area contributed by atoms with E-state index in [4.69, 9.17) is 9.15 Å². The van der Waals surface area contributed by atoms with Crippen molar-refractivity contribution in [1.82, 2.24) is 0 Å². The predicted octanol–water partition coefficient (Wildman–Crippen LogP) is 5.31. The average molecular weight is 453 g/mol. The van der Waals surface area contributed by atoms with E-state index in [0.717, 1.165) is 17.2 Å². The number of phenolic OH excluding ortho intramolecular Hbond substituents is 4. The minimum absolute atomic E-state index is 0.0194. The summed E-state index contributed by atoms with van der Waals surface area (Å²) in [7, 11) is 1.30. The zero-order valence-electron chi connectivity index (χ0n) is 19.3. The molecular formula is C26H28O7. The molecule has 0 saturated heterocycles. The van der Waals surface area contributed by atoms with Gasteiger partial charge < -0.3 is 29.6 Å². The standard InChI is InChI=1S/C26H28O7/c1-13(2)6-8-15-16(10-11-18(27)22(15)30)25-26(32-5)23(31)21-20(29)12-19(28)17(24(21)33-25)9-7-14(3)4/h6-7,10-12,27-30H,8-9H2,1-5H3. The molecule has 3 aromatic rings. The molecule has 0 aliphatic rings. The Labute approximate surface area is 191 Å². The summed E-state index contributed by atoms with van der Waals surface area (Å²) < 4.78 is 11.5. The van der Waals surface area contributed by atoms with Crippen LogP contribution in [0.15, 0.2) is 50.7 Å². The van der Waals surface area contributed by atoms with E-state index in [9.17, 15) is 25.2 Å². The quantitative estimate of drug-likeness (QED) is 0.295. The molecule has 1 heterocycles. The van der Waals surface area contributed by atoms with Crippen LogP contribution in [-0.2, 0) is 12.8 Å². The first-order valence-electron chi connectivity index (χ1n) is 10.5. The Balaban J connectivity index is 2.45. The second-order valence-corrected chi connectivity index (χ2v) is 8.32. The SMILES string of the molecule is COc1c(-c2ccc(O)c(O)c2CC=C(C)C)oc2c(CC=C(C)C)c(O)cc(O)c2c1=O. The smallest absolute Gasteiger partial charge is 0.239 e. The Hall–Kier alpha value is -3.87. The Kier molecular flexibility index (Phi) is 6.72. The van der Waals surface area contributed by atoms with Gasteiger partial charge in [0.2, 0.25) is 11.2 Å². The van der Waals surface area contributed by atoms with Crippen LogP contribution in [0.1, 0.15) is 38.8 Å². The van der Waals surface area contributed by atoms with Crippen molar-refractivity contribution in [1.29, 1.82) is 0 Å². The lowest BCUT2D eigenvalue weighted by atomic mass is 9.97. The Morgan fingerprint density at radius 3 is 2.09 bits per heavy atom. The van der Waals surface area contributed by atoms with Gasteiger partial charge in [-0.15, -0.1) is 0 Å². The van der Waals surface area contributed by atoms with E-state index in [1.807, 2.05) is 39.8 Å². The summed E-state index contributed by atoms with van der Waals surface area (Å²) in [6.45, 7) is 7.60. The highest BCUT2D eigenvalue weighted by molar-refractivity contribution is 5.91. The fourth-order valence-corrected chi connectivity index (χ4v) is 3.59. The number of ether oxygens (including phenoxy) is 1. The van der Waals surface area contributed by atoms with E-state index in [1.165, 1.54) is 19.2 Å². The molecule has 0 aliphatic heterocycles. The lowest BCUT2D eigenvalue weighted by molar-refractivity contribution is 0.394. The number of fused-ring (bicyclic) bond motifs is 1. The molecule has 174 valence electrons. The van der Waals surface area contributed by atoms with Crippen LogP contribution in [0.3, 0.4) is 0 Å². The van der Waals surface area contributed by atoms with Crippen LogP contribution in [0.2, 0.25) is 0 Å². The Morgan fingerprint density at radius 2 is 1.52 bits per heavy atom. The van der Waals surface area contributed by atoms with E-state index in [-0.39, 0.29) is 52.6 Å². The second kappa shape index (κ2) is 9.32. The molecule has 0 amide bonds. The van der Waals surface area contributed by atoms with Gasteiger partial charge in [0.1, 0.15) is 22.5 Å². The topological polar surface area (TPSA) is 120 Å². The van der Waals surface area contributed by atoms with Crippen LogP contribution in [0.25, 0.3) is 22.3 Å². The van der Waals surface area contributed by atoms with Gasteiger partial charge in [-0.05, 0) is 52.7 Å². The monoisotopic (exact) mass is 452 g/mol. The summed E-state index contributed by atoms with van der Waals surface area (Å²) in [6, 6.07) is 3.93. The predicted molar refractivity (Wildman–Crippen MR) is 127 cm³/mol. The van der Waals surface area contributed by atoms with Gasteiger partial charge in [0, 0.05) is 22.8 Å². The van der Waals surface area contributed by atoms with Crippen LogP contribution in [0, 0.1) is 0 Å². The molecule has 4 N–H and O–H groups in total. The highest BCUT2D eigenvalue weighted by Gasteiger charge is 2.25. The fourth-order valence-electron chi connectivity index (χ4n) is 3.59. The van der Waals surface area contributed by atoms with Crippen molar-refractivity contribution in [3.8, 4) is 40.1 Å². The summed E-state index contributed by atoms with van der Waals surface area (Å²) in [5.74, 6) is -1.43. The van der Waals surface area contributed by atoms with E-state index < -0.39 is 11.2 Å². The van der Waals surface area contributed by atoms with Crippen molar-refractivity contribution in [2.75, 3.05) is 7.11 Å². The highest BCUT2D eigenvalue weighted by Crippen LogP contribution is 2.43. The summed E-state index contributed by atoms with van der Waals surface area (Å²) in [4.78, 5) is 13.3. The van der Waals surface area contributed by atoms with Gasteiger partial charge in [0.25, 0.3) is 0 Å². The van der Waals surface area contributed by atoms with E-state index in [0.29, 0.717) is 16.7 Å². The number of hydrogen-bond donors (Lipinski definition) is 4. The average Bonchev–Trinajstić information content (AvgIpc) is 2.73. The molecular weight excluding hydrogens is 424 g/mol. The van der Waals surface area contributed by atoms with Gasteiger partial charge in [-0.3, -0.25) is 4.79 Å². The maximum Gasteiger partial charge on any atom is 0.239 e. The summed E-state index contributed by atoms with van der Waals surface area (Å²) in [5, 5.41) is 41.4. The molecule has 0 aliphatic carbocycles. The van der Waals surface area contributed by atoms with Crippen LogP contribution in [0.4, 0.5) is 0 Å². The molecule has 3 rings (SSSR count). The van der Waals surface area contributed by atoms with Gasteiger partial charge in [-0.1, -0.05) is 23.3 Å². The number of hydrogen-bond acceptors (Lipinski definition) is 7. The maximum absolute atomic E-state index is 13.3. The van der Waals surface area contributed by atoms with Crippen molar-refractivity contribution in [2.24, 2.45) is 0 Å². The summed E-state index contributed by atoms with van der Waals surface area (Å²) in [5.41, 5.74) is 2.41. The minimum atomic E-state index is -0.620. The molecule has 0 unspecified atom stereocenters. The van der Waals surface area contributed by atoms with Crippen molar-refractivity contribution < 1.29 is 29.6 Å². The third-order valence-electron chi connectivity index (χ3n) is 5.32. The third-order valence-corrected chi connectivity index (χ3v) is 5.32. The van der Waals surface area contributed by atoms with Crippen molar-refractivity contribution in [2.45, 2.75) is 40.5 Å². The van der Waals surface area contributed by atoms with Gasteiger partial charge >= 0.3 is 0 Å². The molecule has 0 saturated carbocycles. The van der Waals surface area contributed by atoms with Crippen LogP contribution in [0.5, 0.6) is 28.7 Å². The number of phenols is 4. The molecule has 7 nitrogen and oxygen atoms in total. The second-order valence-electron chi connectivity index (χ2n) is 8.32. The molecule has 1 aromatic heterocycles. The van der Waals surface area contributed by atoms with E-state index in [1.54, 1.807) is 0 Å². The molecule has 0 bridgehead atoms. The molecule has 0 atom stereocenters. The fraction of sp³-hybridized carbons (Fsp3) is 0.269. The van der Waals surface area contributed by atoms with Crippen molar-refractivity contribution >= 4 is 11.0 Å². The van der Waals surface area contributed by atoms with Crippen molar-refractivity contribution in [3.63, 3.8) is 0 Å². The molecule has 0 spiro atoms. The van der Waals surface area contributed by atoms with Gasteiger partial charge in [0.15, 0.2) is 17.3 Å².